The van der Waals surface area contributed by atoms with Crippen molar-refractivity contribution in [2.75, 3.05) is 25.6 Å². The molecular formula is C17H18N2O4S. The molecule has 1 aliphatic heterocycles. The predicted molar refractivity (Wildman–Crippen MR) is 91.1 cm³/mol. The van der Waals surface area contributed by atoms with Gasteiger partial charge in [0.05, 0.1) is 25.9 Å². The number of morpholine rings is 1. The van der Waals surface area contributed by atoms with Crippen molar-refractivity contribution in [3.05, 3.63) is 46.7 Å². The lowest BCUT2D eigenvalue weighted by Gasteiger charge is -2.34. The summed E-state index contributed by atoms with van der Waals surface area (Å²) in [6.07, 6.45) is 0. The number of hydrogen-bond donors (Lipinski definition) is 1. The van der Waals surface area contributed by atoms with E-state index in [0.29, 0.717) is 18.0 Å². The molecule has 1 aromatic carbocycles. The third-order valence-corrected chi connectivity index (χ3v) is 4.63. The molecule has 1 N–H and O–H groups in total. The fourth-order valence-electron chi connectivity index (χ4n) is 2.55. The van der Waals surface area contributed by atoms with Gasteiger partial charge >= 0.3 is 0 Å². The fourth-order valence-corrected chi connectivity index (χ4v) is 3.26. The van der Waals surface area contributed by atoms with Gasteiger partial charge in [0.15, 0.2) is 0 Å². The minimum Gasteiger partial charge on any atom is -0.495 e. The molecule has 0 unspecified atom stereocenters. The highest BCUT2D eigenvalue weighted by atomic mass is 32.1. The molecule has 0 saturated carbocycles. The van der Waals surface area contributed by atoms with Gasteiger partial charge in [0.25, 0.3) is 0 Å². The molecule has 0 radical (unpaired) electrons. The first-order valence-corrected chi connectivity index (χ1v) is 8.40. The number of para-hydroxylation sites is 2. The second-order valence-corrected chi connectivity index (χ2v) is 6.35. The highest BCUT2D eigenvalue weighted by Crippen LogP contribution is 2.24. The van der Waals surface area contributed by atoms with Crippen LogP contribution in [0.3, 0.4) is 0 Å². The van der Waals surface area contributed by atoms with E-state index in [1.807, 2.05) is 29.6 Å². The van der Waals surface area contributed by atoms with Crippen LogP contribution >= 0.6 is 11.3 Å². The van der Waals surface area contributed by atoms with Crippen LogP contribution in [0.25, 0.3) is 0 Å². The topological polar surface area (TPSA) is 67.9 Å². The first-order valence-electron chi connectivity index (χ1n) is 7.52. The number of carbonyl (C=O) groups excluding carboxylic acids is 2. The summed E-state index contributed by atoms with van der Waals surface area (Å²) in [5.74, 6) is 0.0950. The van der Waals surface area contributed by atoms with Gasteiger partial charge in [-0.3, -0.25) is 9.59 Å². The van der Waals surface area contributed by atoms with Crippen LogP contribution in [0.2, 0.25) is 0 Å². The van der Waals surface area contributed by atoms with Crippen LogP contribution in [0.5, 0.6) is 5.75 Å². The van der Waals surface area contributed by atoms with Gasteiger partial charge in [-0.15, -0.1) is 11.3 Å². The maximum Gasteiger partial charge on any atom is 0.249 e. The number of hydrogen-bond acceptors (Lipinski definition) is 5. The number of amides is 2. The first kappa shape index (κ1) is 16.5. The van der Waals surface area contributed by atoms with Gasteiger partial charge in [-0.05, 0) is 23.6 Å². The van der Waals surface area contributed by atoms with Crippen molar-refractivity contribution in [1.82, 2.24) is 4.90 Å². The van der Waals surface area contributed by atoms with Crippen molar-refractivity contribution >= 4 is 28.8 Å². The SMILES string of the molecule is COc1ccccc1NC(=O)[C@H]1COCC(=O)N1Cc1cccs1. The van der Waals surface area contributed by atoms with Crippen LogP contribution in [0.1, 0.15) is 4.88 Å². The summed E-state index contributed by atoms with van der Waals surface area (Å²) < 4.78 is 10.5. The number of rotatable bonds is 5. The molecule has 0 spiro atoms. The Morgan fingerprint density at radius 3 is 2.96 bits per heavy atom. The van der Waals surface area contributed by atoms with Gasteiger partial charge in [-0.25, -0.2) is 0 Å². The second-order valence-electron chi connectivity index (χ2n) is 5.32. The molecule has 6 nitrogen and oxygen atoms in total. The Balaban J connectivity index is 1.76. The van der Waals surface area contributed by atoms with E-state index in [9.17, 15) is 9.59 Å². The lowest BCUT2D eigenvalue weighted by atomic mass is 10.2. The average Bonchev–Trinajstić information content (AvgIpc) is 3.10. The van der Waals surface area contributed by atoms with Crippen molar-refractivity contribution in [1.29, 1.82) is 0 Å². The Hall–Kier alpha value is -2.38. The lowest BCUT2D eigenvalue weighted by Crippen LogP contribution is -2.54. The van der Waals surface area contributed by atoms with Crippen molar-refractivity contribution in [2.24, 2.45) is 0 Å². The molecule has 1 fully saturated rings. The first-order chi connectivity index (χ1) is 11.7. The van der Waals surface area contributed by atoms with E-state index < -0.39 is 6.04 Å². The quantitative estimate of drug-likeness (QED) is 0.900. The molecule has 2 aromatic rings. The number of nitrogens with one attached hydrogen (secondary N) is 1. The molecule has 1 atom stereocenters. The average molecular weight is 346 g/mol. The monoisotopic (exact) mass is 346 g/mol. The number of ether oxygens (including phenoxy) is 2. The van der Waals surface area contributed by atoms with Gasteiger partial charge in [-0.2, -0.15) is 0 Å². The smallest absolute Gasteiger partial charge is 0.249 e. The Morgan fingerprint density at radius 2 is 2.21 bits per heavy atom. The van der Waals surface area contributed by atoms with Crippen molar-refractivity contribution in [2.45, 2.75) is 12.6 Å². The van der Waals surface area contributed by atoms with Crippen molar-refractivity contribution in [3.8, 4) is 5.75 Å². The third-order valence-electron chi connectivity index (χ3n) is 3.77. The van der Waals surface area contributed by atoms with E-state index in [1.165, 1.54) is 0 Å². The maximum absolute atomic E-state index is 12.7. The summed E-state index contributed by atoms with van der Waals surface area (Å²) in [7, 11) is 1.54. The summed E-state index contributed by atoms with van der Waals surface area (Å²) in [6, 6.07) is 10.4. The minimum atomic E-state index is -0.668. The zero-order valence-corrected chi connectivity index (χ0v) is 14.0. The second kappa shape index (κ2) is 7.46. The Bertz CT molecular complexity index is 717. The standard InChI is InChI=1S/C17H18N2O4S/c1-22-15-7-3-2-6-13(15)18-17(21)14-10-23-11-16(20)19(14)9-12-5-4-8-24-12/h2-8,14H,9-11H2,1H3,(H,18,21)/t14-/m1/s1. The molecular weight excluding hydrogens is 328 g/mol. The Labute approximate surface area is 144 Å². The van der Waals surface area contributed by atoms with Crippen LogP contribution in [-0.4, -0.2) is 43.1 Å². The van der Waals surface area contributed by atoms with Crippen LogP contribution in [-0.2, 0) is 20.9 Å². The predicted octanol–water partition coefficient (Wildman–Crippen LogP) is 2.12. The Kier molecular flexibility index (Phi) is 5.12. The van der Waals surface area contributed by atoms with Gasteiger partial charge in [0, 0.05) is 4.88 Å². The minimum absolute atomic E-state index is 0.00378. The summed E-state index contributed by atoms with van der Waals surface area (Å²) in [6.45, 7) is 0.589. The number of anilines is 1. The summed E-state index contributed by atoms with van der Waals surface area (Å²) in [5, 5.41) is 4.78. The zero-order valence-electron chi connectivity index (χ0n) is 13.2. The van der Waals surface area contributed by atoms with E-state index >= 15 is 0 Å². The molecule has 2 heterocycles. The largest absolute Gasteiger partial charge is 0.495 e. The van der Waals surface area contributed by atoms with Gasteiger partial charge in [-0.1, -0.05) is 18.2 Å². The number of carbonyl (C=O) groups is 2. The van der Waals surface area contributed by atoms with Crippen molar-refractivity contribution in [3.63, 3.8) is 0 Å². The van der Waals surface area contributed by atoms with Gasteiger partial charge in [0.1, 0.15) is 18.4 Å². The normalized spacial score (nSPS) is 17.6. The van der Waals surface area contributed by atoms with Crippen molar-refractivity contribution < 1.29 is 19.1 Å². The highest BCUT2D eigenvalue weighted by Gasteiger charge is 2.34. The third kappa shape index (κ3) is 3.58. The fraction of sp³-hybridized carbons (Fsp3) is 0.294. The van der Waals surface area contributed by atoms with Crippen LogP contribution in [0, 0.1) is 0 Å². The summed E-state index contributed by atoms with van der Waals surface area (Å²) in [5.41, 5.74) is 0.569. The van der Waals surface area contributed by atoms with E-state index in [1.54, 1.807) is 35.5 Å². The van der Waals surface area contributed by atoms with E-state index in [0.717, 1.165) is 4.88 Å². The van der Waals surface area contributed by atoms with Gasteiger partial charge in [0.2, 0.25) is 11.8 Å². The summed E-state index contributed by atoms with van der Waals surface area (Å²) >= 11 is 1.56. The molecule has 7 heteroatoms. The number of benzene rings is 1. The molecule has 1 saturated heterocycles. The molecule has 3 rings (SSSR count). The van der Waals surface area contributed by atoms with Crippen LogP contribution < -0.4 is 10.1 Å². The molecule has 24 heavy (non-hydrogen) atoms. The summed E-state index contributed by atoms with van der Waals surface area (Å²) in [4.78, 5) is 27.5. The number of methoxy groups -OCH3 is 1. The van der Waals surface area contributed by atoms with E-state index in [2.05, 4.69) is 5.32 Å². The van der Waals surface area contributed by atoms with Gasteiger partial charge < -0.3 is 19.7 Å². The van der Waals surface area contributed by atoms with Crippen LogP contribution in [0.15, 0.2) is 41.8 Å². The molecule has 1 aromatic heterocycles. The highest BCUT2D eigenvalue weighted by molar-refractivity contribution is 7.09. The lowest BCUT2D eigenvalue weighted by molar-refractivity contribution is -0.153. The molecule has 126 valence electrons. The molecule has 1 aliphatic rings. The zero-order chi connectivity index (χ0) is 16.9. The maximum atomic E-state index is 12.7. The molecule has 0 bridgehead atoms. The molecule has 0 aliphatic carbocycles. The Morgan fingerprint density at radius 1 is 1.38 bits per heavy atom. The van der Waals surface area contributed by atoms with E-state index in [-0.39, 0.29) is 25.0 Å². The number of nitrogens with zero attached hydrogens (tertiary/aromatic N) is 1. The van der Waals surface area contributed by atoms with E-state index in [4.69, 9.17) is 9.47 Å². The number of thiophene rings is 1. The van der Waals surface area contributed by atoms with Crippen LogP contribution in [0.4, 0.5) is 5.69 Å². The molecule has 2 amide bonds.